The van der Waals surface area contributed by atoms with E-state index in [1.807, 2.05) is 0 Å². The van der Waals surface area contributed by atoms with Gasteiger partial charge in [0.15, 0.2) is 11.9 Å². The minimum atomic E-state index is -1.19. The summed E-state index contributed by atoms with van der Waals surface area (Å²) in [5.41, 5.74) is -0.461. The first kappa shape index (κ1) is 20.7. The molecule has 3 rings (SSSR count). The second-order valence-corrected chi connectivity index (χ2v) is 6.60. The van der Waals surface area contributed by atoms with Gasteiger partial charge in [0.2, 0.25) is 0 Å². The van der Waals surface area contributed by atoms with E-state index in [2.05, 4.69) is 10.4 Å². The van der Waals surface area contributed by atoms with Crippen molar-refractivity contribution in [3.8, 4) is 0 Å². The second kappa shape index (κ2) is 8.56. The van der Waals surface area contributed by atoms with Gasteiger partial charge in [0.25, 0.3) is 17.0 Å². The second-order valence-electron chi connectivity index (χ2n) is 6.60. The molecule has 0 saturated heterocycles. The molecule has 2 aromatic carbocycles. The number of esters is 1. The summed E-state index contributed by atoms with van der Waals surface area (Å²) in [5.74, 6) is -1.75. The number of ether oxygens (including phenoxy) is 1. The van der Waals surface area contributed by atoms with Gasteiger partial charge in [-0.05, 0) is 38.1 Å². The summed E-state index contributed by atoms with van der Waals surface area (Å²) in [6.07, 6.45) is -1.19. The summed E-state index contributed by atoms with van der Waals surface area (Å²) in [7, 11) is 0. The first-order chi connectivity index (χ1) is 14.3. The van der Waals surface area contributed by atoms with Crippen LogP contribution in [0.15, 0.2) is 58.1 Å². The van der Waals surface area contributed by atoms with Gasteiger partial charge in [0, 0.05) is 5.56 Å². The molecule has 0 aliphatic carbocycles. The summed E-state index contributed by atoms with van der Waals surface area (Å²) in [6.45, 7) is 2.16. The molecule has 9 heteroatoms. The Labute approximate surface area is 170 Å². The number of rotatable bonds is 6. The highest BCUT2D eigenvalue weighted by Crippen LogP contribution is 2.16. The maximum Gasteiger partial charge on any atom is 0.328 e. The molecule has 3 aromatic rings. The van der Waals surface area contributed by atoms with Crippen LogP contribution in [0.2, 0.25) is 0 Å². The highest BCUT2D eigenvalue weighted by Gasteiger charge is 2.20. The van der Waals surface area contributed by atoms with Crippen LogP contribution in [0.4, 0.5) is 5.69 Å². The Morgan fingerprint density at radius 1 is 1.03 bits per heavy atom. The number of ketones is 1. The monoisotopic (exact) mass is 409 g/mol. The zero-order valence-corrected chi connectivity index (χ0v) is 16.3. The van der Waals surface area contributed by atoms with Gasteiger partial charge in [-0.2, -0.15) is 0 Å². The van der Waals surface area contributed by atoms with Gasteiger partial charge in [0.05, 0.1) is 16.5 Å². The normalized spacial score (nSPS) is 11.7. The molecule has 1 heterocycles. The highest BCUT2D eigenvalue weighted by molar-refractivity contribution is 6.04. The molecular formula is C21H19N3O6. The molecular weight excluding hydrogens is 390 g/mol. The van der Waals surface area contributed by atoms with Gasteiger partial charge in [-0.25, -0.2) is 4.68 Å². The number of para-hydroxylation sites is 1. The smallest absolute Gasteiger partial charge is 0.328 e. The number of carbonyl (C=O) groups excluding carboxylic acids is 3. The summed E-state index contributed by atoms with van der Waals surface area (Å²) < 4.78 is 5.91. The quantitative estimate of drug-likeness (QED) is 0.469. The van der Waals surface area contributed by atoms with Crippen LogP contribution in [-0.4, -0.2) is 33.5 Å². The standard InChI is InChI=1S/C21H19N3O6/c1-12(25)14-7-5-6-10-17(14)22-19(27)13(2)30-18(26)11-24-21(29)16-9-4-3-8-15(16)20(28)23-24/h3-10,13H,11H2,1-2H3,(H,22,27)(H,23,28)/t13-/m0/s1. The van der Waals surface area contributed by atoms with E-state index in [9.17, 15) is 24.0 Å². The van der Waals surface area contributed by atoms with Crippen molar-refractivity contribution in [2.45, 2.75) is 26.5 Å². The maximum atomic E-state index is 12.5. The summed E-state index contributed by atoms with van der Waals surface area (Å²) in [4.78, 5) is 60.8. The summed E-state index contributed by atoms with van der Waals surface area (Å²) in [5, 5.41) is 5.24. The lowest BCUT2D eigenvalue weighted by molar-refractivity contribution is -0.154. The summed E-state index contributed by atoms with van der Waals surface area (Å²) in [6, 6.07) is 12.7. The number of benzene rings is 2. The third kappa shape index (κ3) is 4.35. The van der Waals surface area contributed by atoms with Crippen LogP contribution < -0.4 is 16.4 Å². The minimum Gasteiger partial charge on any atom is -0.451 e. The fourth-order valence-electron chi connectivity index (χ4n) is 2.91. The molecule has 0 unspecified atom stereocenters. The SMILES string of the molecule is CC(=O)c1ccccc1NC(=O)[C@H](C)OC(=O)Cn1[nH]c(=O)c2ccccc2c1=O. The van der Waals surface area contributed by atoms with Gasteiger partial charge in [-0.1, -0.05) is 24.3 Å². The zero-order valence-electron chi connectivity index (χ0n) is 16.3. The first-order valence-electron chi connectivity index (χ1n) is 9.10. The average Bonchev–Trinajstić information content (AvgIpc) is 2.72. The predicted octanol–water partition coefficient (Wildman–Crippen LogP) is 1.46. The number of aromatic amines is 1. The third-order valence-electron chi connectivity index (χ3n) is 4.41. The molecule has 2 N–H and O–H groups in total. The van der Waals surface area contributed by atoms with Crippen molar-refractivity contribution in [2.24, 2.45) is 0 Å². The van der Waals surface area contributed by atoms with Crippen LogP contribution in [0.1, 0.15) is 24.2 Å². The predicted molar refractivity (Wildman–Crippen MR) is 109 cm³/mol. The average molecular weight is 409 g/mol. The van der Waals surface area contributed by atoms with Gasteiger partial charge >= 0.3 is 5.97 Å². The van der Waals surface area contributed by atoms with Crippen molar-refractivity contribution in [1.82, 2.24) is 9.78 Å². The zero-order chi connectivity index (χ0) is 21.8. The number of hydrogen-bond acceptors (Lipinski definition) is 6. The third-order valence-corrected chi connectivity index (χ3v) is 4.41. The van der Waals surface area contributed by atoms with Crippen LogP contribution >= 0.6 is 0 Å². The van der Waals surface area contributed by atoms with E-state index in [1.165, 1.54) is 26.0 Å². The number of nitrogens with one attached hydrogen (secondary N) is 2. The van der Waals surface area contributed by atoms with E-state index in [-0.39, 0.29) is 16.6 Å². The van der Waals surface area contributed by atoms with E-state index in [0.717, 1.165) is 4.68 Å². The Hall–Kier alpha value is -4.01. The number of hydrogen-bond donors (Lipinski definition) is 2. The van der Waals surface area contributed by atoms with Crippen molar-refractivity contribution in [2.75, 3.05) is 5.32 Å². The van der Waals surface area contributed by atoms with Crippen molar-refractivity contribution < 1.29 is 19.1 Å². The number of anilines is 1. The first-order valence-corrected chi connectivity index (χ1v) is 9.10. The lowest BCUT2D eigenvalue weighted by Gasteiger charge is -2.15. The number of carbonyl (C=O) groups is 3. The molecule has 1 amide bonds. The van der Waals surface area contributed by atoms with Crippen molar-refractivity contribution in [3.05, 3.63) is 74.8 Å². The molecule has 0 spiro atoms. The lowest BCUT2D eigenvalue weighted by atomic mass is 10.1. The Balaban J connectivity index is 1.71. The molecule has 0 radical (unpaired) electrons. The van der Waals surface area contributed by atoms with Crippen LogP contribution in [0.3, 0.4) is 0 Å². The van der Waals surface area contributed by atoms with E-state index < -0.39 is 35.6 Å². The largest absolute Gasteiger partial charge is 0.451 e. The highest BCUT2D eigenvalue weighted by atomic mass is 16.5. The minimum absolute atomic E-state index is 0.167. The van der Waals surface area contributed by atoms with E-state index in [0.29, 0.717) is 11.3 Å². The fourth-order valence-corrected chi connectivity index (χ4v) is 2.91. The topological polar surface area (TPSA) is 127 Å². The number of Topliss-reactive ketones (excluding diaryl/α,β-unsaturated/α-hetero) is 1. The number of H-pyrrole nitrogens is 1. The van der Waals surface area contributed by atoms with Gasteiger partial charge < -0.3 is 10.1 Å². The van der Waals surface area contributed by atoms with Crippen molar-refractivity contribution in [3.63, 3.8) is 0 Å². The fraction of sp³-hybridized carbons (Fsp3) is 0.190. The Morgan fingerprint density at radius 2 is 1.67 bits per heavy atom. The lowest BCUT2D eigenvalue weighted by Crippen LogP contribution is -2.36. The Bertz CT molecular complexity index is 1260. The van der Waals surface area contributed by atoms with Crippen LogP contribution in [0, 0.1) is 0 Å². The van der Waals surface area contributed by atoms with E-state index in [1.54, 1.807) is 36.4 Å². The molecule has 9 nitrogen and oxygen atoms in total. The molecule has 0 fully saturated rings. The molecule has 0 bridgehead atoms. The van der Waals surface area contributed by atoms with Crippen LogP contribution in [0.5, 0.6) is 0 Å². The van der Waals surface area contributed by atoms with E-state index >= 15 is 0 Å². The Morgan fingerprint density at radius 3 is 2.37 bits per heavy atom. The maximum absolute atomic E-state index is 12.5. The summed E-state index contributed by atoms with van der Waals surface area (Å²) >= 11 is 0. The molecule has 0 aliphatic rings. The van der Waals surface area contributed by atoms with Gasteiger partial charge in [-0.3, -0.25) is 29.1 Å². The molecule has 1 aromatic heterocycles. The molecule has 0 aliphatic heterocycles. The number of nitrogens with zero attached hydrogens (tertiary/aromatic N) is 1. The van der Waals surface area contributed by atoms with Crippen molar-refractivity contribution in [1.29, 1.82) is 0 Å². The number of aromatic nitrogens is 2. The number of fused-ring (bicyclic) bond motifs is 1. The van der Waals surface area contributed by atoms with Crippen molar-refractivity contribution >= 4 is 34.1 Å². The van der Waals surface area contributed by atoms with Gasteiger partial charge in [0.1, 0.15) is 6.54 Å². The molecule has 0 saturated carbocycles. The van der Waals surface area contributed by atoms with E-state index in [4.69, 9.17) is 4.74 Å². The van der Waals surface area contributed by atoms with Crippen LogP contribution in [0.25, 0.3) is 10.8 Å². The number of amides is 1. The molecule has 154 valence electrons. The Kier molecular flexibility index (Phi) is 5.91. The molecule has 30 heavy (non-hydrogen) atoms. The van der Waals surface area contributed by atoms with Gasteiger partial charge in [-0.15, -0.1) is 0 Å². The molecule has 1 atom stereocenters. The van der Waals surface area contributed by atoms with Crippen LogP contribution in [-0.2, 0) is 20.9 Å².